The first kappa shape index (κ1) is 13.3. The summed E-state index contributed by atoms with van der Waals surface area (Å²) < 4.78 is 5.63. The van der Waals surface area contributed by atoms with Crippen molar-refractivity contribution in [2.45, 2.75) is 39.0 Å². The lowest BCUT2D eigenvalue weighted by molar-refractivity contribution is 0.118. The topological polar surface area (TPSA) is 37.4 Å². The van der Waals surface area contributed by atoms with Crippen LogP contribution in [0.15, 0.2) is 12.1 Å². The molecule has 2 atom stereocenters. The van der Waals surface area contributed by atoms with Gasteiger partial charge in [-0.3, -0.25) is 0 Å². The number of rotatable bonds is 4. The Hall–Kier alpha value is -1.13. The lowest BCUT2D eigenvalue weighted by Crippen LogP contribution is -2.37. The van der Waals surface area contributed by atoms with Gasteiger partial charge in [0.15, 0.2) is 0 Å². The lowest BCUT2D eigenvalue weighted by atomic mass is 10.1. The minimum Gasteiger partial charge on any atom is -0.376 e. The Kier molecular flexibility index (Phi) is 4.19. The van der Waals surface area contributed by atoms with Gasteiger partial charge in [-0.25, -0.2) is 4.98 Å². The van der Waals surface area contributed by atoms with Crippen molar-refractivity contribution in [1.82, 2.24) is 10.3 Å². The molecule has 4 nitrogen and oxygen atoms in total. The second-order valence-corrected chi connectivity index (χ2v) is 5.05. The zero-order valence-corrected chi connectivity index (χ0v) is 11.7. The molecule has 4 heteroatoms. The summed E-state index contributed by atoms with van der Waals surface area (Å²) in [6, 6.07) is 4.72. The first-order valence-electron chi connectivity index (χ1n) is 6.58. The first-order chi connectivity index (χ1) is 8.61. The van der Waals surface area contributed by atoms with Crippen LogP contribution in [0.4, 0.5) is 5.82 Å². The SMILES string of the molecule is CNCc1cc(C)nc(N(C)C2CCOC2C)c1. The molecule has 0 radical (unpaired) electrons. The van der Waals surface area contributed by atoms with Crippen LogP contribution < -0.4 is 10.2 Å². The molecule has 0 spiro atoms. The van der Waals surface area contributed by atoms with Gasteiger partial charge in [0.2, 0.25) is 0 Å². The van der Waals surface area contributed by atoms with Crippen LogP contribution in [0.25, 0.3) is 0 Å². The fourth-order valence-electron chi connectivity index (χ4n) is 2.61. The molecule has 0 saturated carbocycles. The van der Waals surface area contributed by atoms with Crippen molar-refractivity contribution in [3.8, 4) is 0 Å². The van der Waals surface area contributed by atoms with E-state index in [0.717, 1.165) is 31.1 Å². The molecular formula is C14H23N3O. The molecule has 0 bridgehead atoms. The number of aromatic nitrogens is 1. The van der Waals surface area contributed by atoms with E-state index in [2.05, 4.69) is 41.3 Å². The van der Waals surface area contributed by atoms with Crippen molar-refractivity contribution < 1.29 is 4.74 Å². The molecule has 2 rings (SSSR count). The highest BCUT2D eigenvalue weighted by atomic mass is 16.5. The van der Waals surface area contributed by atoms with Crippen LogP contribution in [0, 0.1) is 6.92 Å². The highest BCUT2D eigenvalue weighted by Crippen LogP contribution is 2.24. The highest BCUT2D eigenvalue weighted by molar-refractivity contribution is 5.43. The number of hydrogen-bond acceptors (Lipinski definition) is 4. The molecule has 1 fully saturated rings. The summed E-state index contributed by atoms with van der Waals surface area (Å²) in [6.45, 7) is 5.91. The predicted molar refractivity (Wildman–Crippen MR) is 74.0 cm³/mol. The van der Waals surface area contributed by atoms with Gasteiger partial charge in [-0.1, -0.05) is 0 Å². The molecule has 0 amide bonds. The number of aryl methyl sites for hydroxylation is 1. The maximum Gasteiger partial charge on any atom is 0.129 e. The Morgan fingerprint density at radius 1 is 1.50 bits per heavy atom. The summed E-state index contributed by atoms with van der Waals surface area (Å²) in [5.41, 5.74) is 2.34. The Morgan fingerprint density at radius 2 is 2.28 bits per heavy atom. The number of hydrogen-bond donors (Lipinski definition) is 1. The van der Waals surface area contributed by atoms with Gasteiger partial charge in [0.25, 0.3) is 0 Å². The predicted octanol–water partition coefficient (Wildman–Crippen LogP) is 1.72. The third-order valence-corrected chi connectivity index (χ3v) is 3.58. The van der Waals surface area contributed by atoms with E-state index in [-0.39, 0.29) is 6.10 Å². The van der Waals surface area contributed by atoms with E-state index in [1.54, 1.807) is 0 Å². The first-order valence-corrected chi connectivity index (χ1v) is 6.58. The van der Waals surface area contributed by atoms with Gasteiger partial charge in [-0.2, -0.15) is 0 Å². The van der Waals surface area contributed by atoms with Crippen LogP contribution in [0.2, 0.25) is 0 Å². The van der Waals surface area contributed by atoms with E-state index < -0.39 is 0 Å². The van der Waals surface area contributed by atoms with E-state index in [1.165, 1.54) is 5.56 Å². The standard InChI is InChI=1S/C14H23N3O/c1-10-7-12(9-15-3)8-14(16-10)17(4)13-5-6-18-11(13)2/h7-8,11,13,15H,5-6,9H2,1-4H3. The second kappa shape index (κ2) is 5.67. The van der Waals surface area contributed by atoms with Crippen molar-refractivity contribution in [1.29, 1.82) is 0 Å². The smallest absolute Gasteiger partial charge is 0.129 e. The average molecular weight is 249 g/mol. The molecule has 1 aromatic heterocycles. The molecule has 100 valence electrons. The maximum absolute atomic E-state index is 5.63. The fraction of sp³-hybridized carbons (Fsp3) is 0.643. The molecule has 1 aliphatic rings. The van der Waals surface area contributed by atoms with Crippen molar-refractivity contribution in [3.63, 3.8) is 0 Å². The van der Waals surface area contributed by atoms with E-state index >= 15 is 0 Å². The van der Waals surface area contributed by atoms with Crippen molar-refractivity contribution >= 4 is 5.82 Å². The Balaban J connectivity index is 2.21. The Morgan fingerprint density at radius 3 is 2.89 bits per heavy atom. The van der Waals surface area contributed by atoms with Crippen LogP contribution in [-0.4, -0.2) is 37.8 Å². The molecule has 1 aliphatic heterocycles. The summed E-state index contributed by atoms with van der Waals surface area (Å²) in [7, 11) is 4.08. The van der Waals surface area contributed by atoms with E-state index in [1.807, 2.05) is 14.0 Å². The molecule has 1 aromatic rings. The summed E-state index contributed by atoms with van der Waals surface area (Å²) in [4.78, 5) is 6.89. The fourth-order valence-corrected chi connectivity index (χ4v) is 2.61. The minimum absolute atomic E-state index is 0.282. The Labute approximate surface area is 109 Å². The van der Waals surface area contributed by atoms with Gasteiger partial charge in [-0.15, -0.1) is 0 Å². The number of anilines is 1. The molecule has 1 saturated heterocycles. The third-order valence-electron chi connectivity index (χ3n) is 3.58. The zero-order valence-electron chi connectivity index (χ0n) is 11.7. The van der Waals surface area contributed by atoms with Crippen molar-refractivity contribution in [2.75, 3.05) is 25.6 Å². The van der Waals surface area contributed by atoms with Gasteiger partial charge in [0.05, 0.1) is 12.1 Å². The number of pyridine rings is 1. The molecule has 2 heterocycles. The normalized spacial score (nSPS) is 23.3. The molecule has 1 N–H and O–H groups in total. The Bertz CT molecular complexity index is 408. The van der Waals surface area contributed by atoms with Crippen molar-refractivity contribution in [2.24, 2.45) is 0 Å². The quantitative estimate of drug-likeness (QED) is 0.881. The van der Waals surface area contributed by atoms with Crippen molar-refractivity contribution in [3.05, 3.63) is 23.4 Å². The van der Waals surface area contributed by atoms with Crippen LogP contribution in [0.3, 0.4) is 0 Å². The summed E-state index contributed by atoms with van der Waals surface area (Å²) in [6.07, 6.45) is 1.36. The highest BCUT2D eigenvalue weighted by Gasteiger charge is 2.28. The largest absolute Gasteiger partial charge is 0.376 e. The molecular weight excluding hydrogens is 226 g/mol. The zero-order chi connectivity index (χ0) is 13.1. The van der Waals surface area contributed by atoms with E-state index in [4.69, 9.17) is 4.74 Å². The van der Waals surface area contributed by atoms with E-state index in [0.29, 0.717) is 6.04 Å². The van der Waals surface area contributed by atoms with Gasteiger partial charge in [-0.05, 0) is 45.0 Å². The number of likely N-dealkylation sites (N-methyl/N-ethyl adjacent to an activating group) is 1. The molecule has 0 aliphatic carbocycles. The monoisotopic (exact) mass is 249 g/mol. The number of ether oxygens (including phenoxy) is 1. The average Bonchev–Trinajstić information content (AvgIpc) is 2.74. The van der Waals surface area contributed by atoms with E-state index in [9.17, 15) is 0 Å². The van der Waals surface area contributed by atoms with Crippen LogP contribution in [0.1, 0.15) is 24.6 Å². The number of nitrogens with zero attached hydrogens (tertiary/aromatic N) is 2. The van der Waals surface area contributed by atoms with Crippen LogP contribution in [0.5, 0.6) is 0 Å². The molecule has 2 unspecified atom stereocenters. The van der Waals surface area contributed by atoms with Gasteiger partial charge in [0, 0.05) is 25.9 Å². The second-order valence-electron chi connectivity index (χ2n) is 5.05. The molecule has 18 heavy (non-hydrogen) atoms. The third kappa shape index (κ3) is 2.82. The maximum atomic E-state index is 5.63. The number of nitrogens with one attached hydrogen (secondary N) is 1. The summed E-state index contributed by atoms with van der Waals surface area (Å²) in [5.74, 6) is 1.04. The van der Waals surface area contributed by atoms with Crippen LogP contribution in [-0.2, 0) is 11.3 Å². The van der Waals surface area contributed by atoms with Gasteiger partial charge < -0.3 is 15.0 Å². The van der Waals surface area contributed by atoms with Gasteiger partial charge in [0.1, 0.15) is 5.82 Å². The van der Waals surface area contributed by atoms with Gasteiger partial charge >= 0.3 is 0 Å². The molecule has 0 aromatic carbocycles. The lowest BCUT2D eigenvalue weighted by Gasteiger charge is -2.28. The summed E-state index contributed by atoms with van der Waals surface area (Å²) >= 11 is 0. The minimum atomic E-state index is 0.282. The van der Waals surface area contributed by atoms with Crippen LogP contribution >= 0.6 is 0 Å². The summed E-state index contributed by atoms with van der Waals surface area (Å²) in [5, 5.41) is 3.18.